The molecule has 2 nitrogen and oxygen atoms in total. The Morgan fingerprint density at radius 2 is 1.12 bits per heavy atom. The molecule has 0 aromatic heterocycles. The third kappa shape index (κ3) is 3.66. The Hall–Kier alpha value is -2.41. The van der Waals surface area contributed by atoms with E-state index in [1.54, 1.807) is 7.11 Å². The Bertz CT molecular complexity index is 768. The maximum absolute atomic E-state index is 12.6. The number of ketones is 1. The molecule has 3 heteroatoms. The van der Waals surface area contributed by atoms with E-state index in [9.17, 15) is 4.79 Å². The fraction of sp³-hybridized carbons (Fsp3) is 0.0909. The third-order valence-electron chi connectivity index (χ3n) is 4.11. The van der Waals surface area contributed by atoms with Crippen LogP contribution in [-0.4, -0.2) is 25.3 Å². The second-order valence-corrected chi connectivity index (χ2v) is 9.01. The second-order valence-electron chi connectivity index (χ2n) is 5.76. The first-order chi connectivity index (χ1) is 12.3. The number of carbonyl (C=O) groups excluding carboxylic acids is 1. The van der Waals surface area contributed by atoms with Crippen molar-refractivity contribution in [1.82, 2.24) is 0 Å². The highest BCUT2D eigenvalue weighted by Gasteiger charge is 2.26. The number of Topliss-reactive ketones (excluding diaryl/α,β-unsaturated/α-hetero) is 1. The molecule has 0 radical (unpaired) electrons. The number of rotatable bonds is 6. The molecular weight excluding hydrogens is 327 g/mol. The van der Waals surface area contributed by atoms with Gasteiger partial charge in [-0.3, -0.25) is 4.79 Å². The monoisotopic (exact) mass is 348 g/mol. The van der Waals surface area contributed by atoms with Gasteiger partial charge in [0, 0.05) is 7.11 Å². The molecule has 0 aliphatic carbocycles. The van der Waals surface area contributed by atoms with Gasteiger partial charge in [0.25, 0.3) is 0 Å². The lowest BCUT2D eigenvalue weighted by Gasteiger charge is -2.28. The normalized spacial score (nSPS) is 11.1. The first kappa shape index (κ1) is 17.4. The zero-order chi connectivity index (χ0) is 17.5. The van der Waals surface area contributed by atoms with Crippen LogP contribution in [0.15, 0.2) is 91.0 Å². The fourth-order valence-electron chi connectivity index (χ4n) is 3.06. The van der Waals surface area contributed by atoms with Gasteiger partial charge < -0.3 is 4.74 Å². The molecule has 3 aromatic rings. The molecular formula is C22H21O2P. The number of hydrogen-bond donors (Lipinski definition) is 0. The number of methoxy groups -OCH3 is 1. The van der Waals surface area contributed by atoms with Crippen molar-refractivity contribution >= 4 is 34.4 Å². The number of carbonyl (C=O) groups is 1. The topological polar surface area (TPSA) is 26.3 Å². The van der Waals surface area contributed by atoms with Crippen molar-refractivity contribution in [2.45, 2.75) is 0 Å². The maximum Gasteiger partial charge on any atom is 0.182 e. The minimum Gasteiger partial charge on any atom is -0.377 e. The number of benzene rings is 3. The van der Waals surface area contributed by atoms with Crippen LogP contribution in [0.2, 0.25) is 0 Å². The molecule has 0 aliphatic rings. The lowest BCUT2D eigenvalue weighted by molar-refractivity contribution is -0.115. The van der Waals surface area contributed by atoms with E-state index >= 15 is 0 Å². The van der Waals surface area contributed by atoms with Gasteiger partial charge in [-0.15, -0.1) is 0 Å². The zero-order valence-electron chi connectivity index (χ0n) is 14.2. The summed E-state index contributed by atoms with van der Waals surface area (Å²) in [5, 5.41) is 3.49. The molecule has 126 valence electrons. The zero-order valence-corrected chi connectivity index (χ0v) is 15.1. The minimum atomic E-state index is -2.19. The van der Waals surface area contributed by atoms with E-state index in [1.807, 2.05) is 60.4 Å². The average Bonchev–Trinajstić information content (AvgIpc) is 2.68. The molecule has 0 heterocycles. The quantitative estimate of drug-likeness (QED) is 0.640. The van der Waals surface area contributed by atoms with Crippen molar-refractivity contribution in [3.63, 3.8) is 0 Å². The van der Waals surface area contributed by atoms with Gasteiger partial charge in [-0.1, -0.05) is 91.0 Å². The van der Waals surface area contributed by atoms with Crippen LogP contribution < -0.4 is 15.9 Å². The Balaban J connectivity index is 2.38. The molecule has 3 aromatic carbocycles. The summed E-state index contributed by atoms with van der Waals surface area (Å²) in [5.41, 5.74) is 0. The summed E-state index contributed by atoms with van der Waals surface area (Å²) in [4.78, 5) is 12.6. The largest absolute Gasteiger partial charge is 0.377 e. The molecule has 3 rings (SSSR count). The van der Waals surface area contributed by atoms with E-state index in [-0.39, 0.29) is 12.4 Å². The van der Waals surface area contributed by atoms with Crippen LogP contribution in [0.3, 0.4) is 0 Å². The van der Waals surface area contributed by atoms with Crippen molar-refractivity contribution < 1.29 is 9.53 Å². The van der Waals surface area contributed by atoms with Gasteiger partial charge in [0.1, 0.15) is 6.61 Å². The van der Waals surface area contributed by atoms with Crippen LogP contribution in [0.1, 0.15) is 0 Å². The molecule has 0 atom stereocenters. The summed E-state index contributed by atoms with van der Waals surface area (Å²) in [6.07, 6.45) is 0. The second kappa shape index (κ2) is 8.11. The summed E-state index contributed by atoms with van der Waals surface area (Å²) >= 11 is 0. The number of hydrogen-bond acceptors (Lipinski definition) is 2. The molecule has 0 aliphatic heterocycles. The van der Waals surface area contributed by atoms with Crippen molar-refractivity contribution in [1.29, 1.82) is 0 Å². The minimum absolute atomic E-state index is 0.00684. The molecule has 0 bridgehead atoms. The van der Waals surface area contributed by atoms with Crippen LogP contribution in [0, 0.1) is 0 Å². The van der Waals surface area contributed by atoms with Crippen LogP contribution in [-0.2, 0) is 9.53 Å². The summed E-state index contributed by atoms with van der Waals surface area (Å²) in [6.45, 7) is -2.10. The molecule has 0 amide bonds. The van der Waals surface area contributed by atoms with Crippen LogP contribution in [0.25, 0.3) is 0 Å². The van der Waals surface area contributed by atoms with E-state index in [0.717, 1.165) is 15.9 Å². The predicted octanol–water partition coefficient (Wildman–Crippen LogP) is 3.00. The van der Waals surface area contributed by atoms with E-state index in [4.69, 9.17) is 4.74 Å². The molecule has 25 heavy (non-hydrogen) atoms. The van der Waals surface area contributed by atoms with Gasteiger partial charge in [-0.05, 0) is 28.6 Å². The molecule has 0 fully saturated rings. The fourth-order valence-corrected chi connectivity index (χ4v) is 6.83. The van der Waals surface area contributed by atoms with Gasteiger partial charge in [-0.25, -0.2) is 0 Å². The number of ether oxygens (including phenoxy) is 1. The average molecular weight is 348 g/mol. The Kier molecular flexibility index (Phi) is 5.65. The van der Waals surface area contributed by atoms with Crippen molar-refractivity contribution in [2.75, 3.05) is 13.7 Å². The van der Waals surface area contributed by atoms with Crippen LogP contribution >= 0.6 is 6.89 Å². The van der Waals surface area contributed by atoms with Gasteiger partial charge in [0.2, 0.25) is 0 Å². The first-order valence-corrected chi connectivity index (χ1v) is 10.1. The SMILES string of the molecule is COCC(=O)C=P(c1ccccc1)(c1ccccc1)c1ccccc1. The molecule has 0 spiro atoms. The van der Waals surface area contributed by atoms with Crippen molar-refractivity contribution in [3.05, 3.63) is 91.0 Å². The van der Waals surface area contributed by atoms with E-state index < -0.39 is 6.89 Å². The Morgan fingerprint density at radius 3 is 1.44 bits per heavy atom. The molecule has 0 unspecified atom stereocenters. The van der Waals surface area contributed by atoms with Crippen LogP contribution in [0.4, 0.5) is 0 Å². The van der Waals surface area contributed by atoms with E-state index in [2.05, 4.69) is 36.4 Å². The van der Waals surface area contributed by atoms with Gasteiger partial charge >= 0.3 is 0 Å². The van der Waals surface area contributed by atoms with Gasteiger partial charge in [-0.2, -0.15) is 0 Å². The van der Waals surface area contributed by atoms with Crippen molar-refractivity contribution in [2.24, 2.45) is 0 Å². The predicted molar refractivity (Wildman–Crippen MR) is 108 cm³/mol. The summed E-state index contributed by atoms with van der Waals surface area (Å²) in [7, 11) is 1.55. The van der Waals surface area contributed by atoms with Gasteiger partial charge in [0.05, 0.1) is 0 Å². The molecule has 0 saturated heterocycles. The van der Waals surface area contributed by atoms with E-state index in [1.165, 1.54) is 0 Å². The highest BCUT2D eigenvalue weighted by molar-refractivity contribution is 7.95. The highest BCUT2D eigenvalue weighted by Crippen LogP contribution is 2.43. The third-order valence-corrected chi connectivity index (χ3v) is 8.13. The Labute approximate surface area is 149 Å². The molecule has 0 saturated carbocycles. The summed E-state index contributed by atoms with van der Waals surface area (Å²) in [5.74, 6) is 1.91. The lowest BCUT2D eigenvalue weighted by Crippen LogP contribution is -2.29. The molecule has 0 N–H and O–H groups in total. The highest BCUT2D eigenvalue weighted by atomic mass is 31.2. The first-order valence-electron chi connectivity index (χ1n) is 8.20. The smallest absolute Gasteiger partial charge is 0.182 e. The maximum atomic E-state index is 12.6. The van der Waals surface area contributed by atoms with Gasteiger partial charge in [0.15, 0.2) is 5.78 Å². The van der Waals surface area contributed by atoms with Crippen molar-refractivity contribution in [3.8, 4) is 0 Å². The Morgan fingerprint density at radius 1 is 0.760 bits per heavy atom. The van der Waals surface area contributed by atoms with E-state index in [0.29, 0.717) is 0 Å². The standard InChI is InChI=1S/C22H21O2P/c1-24-17-19(23)18-25(20-11-5-2-6-12-20,21-13-7-3-8-14-21)22-15-9-4-10-16-22/h2-16,18H,17H2,1H3. The van der Waals surface area contributed by atoms with Crippen LogP contribution in [0.5, 0.6) is 0 Å². The summed E-state index contributed by atoms with van der Waals surface area (Å²) in [6, 6.07) is 30.9. The summed E-state index contributed by atoms with van der Waals surface area (Å²) < 4.78 is 5.09. The lowest BCUT2D eigenvalue weighted by atomic mass is 10.4.